The second kappa shape index (κ2) is 11.1. The number of hydrogen-bond acceptors (Lipinski definition) is 7. The summed E-state index contributed by atoms with van der Waals surface area (Å²) < 4.78 is 12.8. The van der Waals surface area contributed by atoms with Crippen LogP contribution in [0.5, 0.6) is 11.5 Å². The van der Waals surface area contributed by atoms with Gasteiger partial charge in [0.2, 0.25) is 0 Å². The van der Waals surface area contributed by atoms with Crippen LogP contribution in [-0.4, -0.2) is 52.2 Å². The number of aromatic hydroxyl groups is 1. The highest BCUT2D eigenvalue weighted by atomic mass is 28.3. The highest BCUT2D eigenvalue weighted by Gasteiger charge is 2.15. The number of phenolic OH excluding ortho intramolecular Hbond substituents is 1. The Hall–Kier alpha value is -3.24. The van der Waals surface area contributed by atoms with Crippen molar-refractivity contribution >= 4 is 14.2 Å². The van der Waals surface area contributed by atoms with Crippen LogP contribution in [0.3, 0.4) is 0 Å². The number of hydrogen-bond donors (Lipinski definition) is 2. The average Bonchev–Trinajstić information content (AvgIpc) is 3.25. The van der Waals surface area contributed by atoms with E-state index in [1.807, 2.05) is 13.0 Å². The summed E-state index contributed by atoms with van der Waals surface area (Å²) in [4.78, 5) is 20.5. The third kappa shape index (κ3) is 7.12. The van der Waals surface area contributed by atoms with E-state index in [-0.39, 0.29) is 5.75 Å². The Morgan fingerprint density at radius 2 is 1.97 bits per heavy atom. The van der Waals surface area contributed by atoms with Gasteiger partial charge in [0.25, 0.3) is 0 Å². The summed E-state index contributed by atoms with van der Waals surface area (Å²) in [6.07, 6.45) is 5.06. The van der Waals surface area contributed by atoms with E-state index in [0.29, 0.717) is 42.6 Å². The van der Waals surface area contributed by atoms with E-state index in [1.165, 1.54) is 18.5 Å². The monoisotopic (exact) mass is 469 g/mol. The van der Waals surface area contributed by atoms with Gasteiger partial charge in [-0.2, -0.15) is 5.10 Å². The molecule has 3 aromatic rings. The van der Waals surface area contributed by atoms with Crippen molar-refractivity contribution in [1.82, 2.24) is 25.1 Å². The number of ether oxygens (including phenoxy) is 2. The van der Waals surface area contributed by atoms with Crippen molar-refractivity contribution in [3.63, 3.8) is 0 Å². The molecule has 3 rings (SSSR count). The Morgan fingerprint density at radius 1 is 1.18 bits per heavy atom. The first-order valence-electron chi connectivity index (χ1n) is 11.0. The number of phenols is 1. The fraction of sp³-hybridized carbons (Fsp3) is 0.391. The lowest BCUT2D eigenvalue weighted by Crippen LogP contribution is -2.27. The molecule has 2 heterocycles. The number of amides is 1. The Morgan fingerprint density at radius 3 is 2.73 bits per heavy atom. The normalized spacial score (nSPS) is 11.4. The maximum absolute atomic E-state index is 11.9. The van der Waals surface area contributed by atoms with E-state index in [0.717, 1.165) is 18.0 Å². The first-order valence-corrected chi connectivity index (χ1v) is 14.7. The zero-order valence-corrected chi connectivity index (χ0v) is 20.5. The van der Waals surface area contributed by atoms with Gasteiger partial charge in [-0.05, 0) is 36.7 Å². The molecule has 0 aliphatic heterocycles. The number of nitrogens with zero attached hydrogens (tertiary/aromatic N) is 4. The molecule has 0 spiro atoms. The number of aromatic nitrogens is 4. The summed E-state index contributed by atoms with van der Waals surface area (Å²) in [5.74, 6) is 0.982. The molecule has 176 valence electrons. The molecule has 0 atom stereocenters. The van der Waals surface area contributed by atoms with Crippen molar-refractivity contribution in [3.05, 3.63) is 43.0 Å². The zero-order valence-electron chi connectivity index (χ0n) is 19.5. The lowest BCUT2D eigenvalue weighted by atomic mass is 10.0. The van der Waals surface area contributed by atoms with Gasteiger partial charge in [0.15, 0.2) is 5.82 Å². The van der Waals surface area contributed by atoms with E-state index >= 15 is 0 Å². The molecule has 0 bridgehead atoms. The second-order valence-corrected chi connectivity index (χ2v) is 14.5. The van der Waals surface area contributed by atoms with Crippen LogP contribution in [-0.2, 0) is 11.5 Å². The van der Waals surface area contributed by atoms with E-state index < -0.39 is 14.2 Å². The molecule has 1 aromatic carbocycles. The van der Waals surface area contributed by atoms with E-state index in [4.69, 9.17) is 9.47 Å². The fourth-order valence-corrected chi connectivity index (χ4v) is 3.76. The Balaban J connectivity index is 1.78. The number of carbonyl (C=O) groups excluding carboxylic acids is 1. The Labute approximate surface area is 194 Å². The van der Waals surface area contributed by atoms with Crippen LogP contribution in [0.2, 0.25) is 25.7 Å². The second-order valence-electron chi connectivity index (χ2n) is 8.89. The molecular weight excluding hydrogens is 438 g/mol. The largest absolute Gasteiger partial charge is 0.507 e. The molecular formula is C23H31N5O4Si. The molecule has 33 heavy (non-hydrogen) atoms. The third-order valence-electron chi connectivity index (χ3n) is 4.83. The van der Waals surface area contributed by atoms with Crippen molar-refractivity contribution in [1.29, 1.82) is 0 Å². The van der Waals surface area contributed by atoms with Gasteiger partial charge >= 0.3 is 6.09 Å². The minimum Gasteiger partial charge on any atom is -0.507 e. The maximum Gasteiger partial charge on any atom is 0.412 e. The Bertz CT molecular complexity index is 1080. The molecule has 0 unspecified atom stereocenters. The predicted octanol–water partition coefficient (Wildman–Crippen LogP) is 4.52. The minimum atomic E-state index is -1.17. The van der Waals surface area contributed by atoms with E-state index in [9.17, 15) is 9.90 Å². The predicted molar refractivity (Wildman–Crippen MR) is 129 cm³/mol. The topological polar surface area (TPSA) is 111 Å². The van der Waals surface area contributed by atoms with Crippen molar-refractivity contribution in [2.24, 2.45) is 0 Å². The number of carbonyl (C=O) groups is 1. The van der Waals surface area contributed by atoms with Crippen LogP contribution in [0.15, 0.2) is 43.0 Å². The average molecular weight is 470 g/mol. The van der Waals surface area contributed by atoms with Crippen LogP contribution in [0.25, 0.3) is 22.5 Å². The molecule has 1 amide bonds. The number of pyridine rings is 1. The van der Waals surface area contributed by atoms with E-state index in [2.05, 4.69) is 40.0 Å². The van der Waals surface area contributed by atoms with Crippen LogP contribution in [0.4, 0.5) is 4.79 Å². The molecule has 2 N–H and O–H groups in total. The Kier molecular flexibility index (Phi) is 8.18. The number of rotatable bonds is 10. The van der Waals surface area contributed by atoms with Crippen LogP contribution in [0.1, 0.15) is 13.3 Å². The van der Waals surface area contributed by atoms with Crippen LogP contribution < -0.4 is 10.1 Å². The lowest BCUT2D eigenvalue weighted by molar-refractivity contribution is 0.0796. The summed E-state index contributed by atoms with van der Waals surface area (Å²) >= 11 is 0. The molecule has 0 saturated carbocycles. The smallest absolute Gasteiger partial charge is 0.412 e. The molecule has 0 saturated heterocycles. The fourth-order valence-electron chi connectivity index (χ4n) is 3.00. The minimum absolute atomic E-state index is 0.0476. The van der Waals surface area contributed by atoms with Gasteiger partial charge in [0.05, 0.1) is 0 Å². The van der Waals surface area contributed by atoms with Gasteiger partial charge in [-0.1, -0.05) is 26.6 Å². The van der Waals surface area contributed by atoms with Gasteiger partial charge in [0.1, 0.15) is 24.6 Å². The zero-order chi connectivity index (χ0) is 23.8. The quantitative estimate of drug-likeness (QED) is 0.332. The van der Waals surface area contributed by atoms with Crippen molar-refractivity contribution < 1.29 is 19.4 Å². The molecule has 9 nitrogen and oxygen atoms in total. The van der Waals surface area contributed by atoms with Gasteiger partial charge in [-0.25, -0.2) is 14.5 Å². The number of benzene rings is 1. The summed E-state index contributed by atoms with van der Waals surface area (Å²) in [6.45, 7) is 10.4. The highest BCUT2D eigenvalue weighted by Crippen LogP contribution is 2.34. The van der Waals surface area contributed by atoms with Crippen LogP contribution >= 0.6 is 0 Å². The first-order chi connectivity index (χ1) is 15.8. The molecule has 0 radical (unpaired) electrons. The standard InChI is InChI=1S/C23H31N5O4Si/c1-5-8-25-23(30)32-19-6-7-21(29)20(12-19)17-11-18(14-24-13-17)22-26-15-27-28(22)16-31-9-10-33(2,3)4/h6-7,11-15,29H,5,8-10,16H2,1-4H3,(H,25,30). The molecule has 2 aromatic heterocycles. The van der Waals surface area contributed by atoms with Gasteiger partial charge in [-0.3, -0.25) is 4.98 Å². The third-order valence-corrected chi connectivity index (χ3v) is 6.53. The van der Waals surface area contributed by atoms with Crippen molar-refractivity contribution in [3.8, 4) is 34.0 Å². The van der Waals surface area contributed by atoms with Gasteiger partial charge in [-0.15, -0.1) is 0 Å². The van der Waals surface area contributed by atoms with Crippen LogP contribution in [0, 0.1) is 0 Å². The molecule has 10 heteroatoms. The summed E-state index contributed by atoms with van der Waals surface area (Å²) in [5, 5.41) is 17.3. The summed E-state index contributed by atoms with van der Waals surface area (Å²) in [5.41, 5.74) is 1.87. The maximum atomic E-state index is 11.9. The van der Waals surface area contributed by atoms with Crippen molar-refractivity contribution in [2.45, 2.75) is 45.8 Å². The first kappa shape index (κ1) is 24.4. The lowest BCUT2D eigenvalue weighted by Gasteiger charge is -2.15. The van der Waals surface area contributed by atoms with Crippen molar-refractivity contribution in [2.75, 3.05) is 13.2 Å². The molecule has 0 aliphatic rings. The number of nitrogens with one attached hydrogen (secondary N) is 1. The van der Waals surface area contributed by atoms with Gasteiger partial charge in [0, 0.05) is 50.3 Å². The summed E-state index contributed by atoms with van der Waals surface area (Å²) in [6, 6.07) is 7.55. The molecule has 0 fully saturated rings. The SMILES string of the molecule is CCCNC(=O)Oc1ccc(O)c(-c2cncc(-c3ncnn3COCC[Si](C)(C)C)c2)c1. The highest BCUT2D eigenvalue weighted by molar-refractivity contribution is 6.76. The molecule has 0 aliphatic carbocycles. The van der Waals surface area contributed by atoms with Gasteiger partial charge < -0.3 is 19.9 Å². The summed E-state index contributed by atoms with van der Waals surface area (Å²) in [7, 11) is -1.17. The van der Waals surface area contributed by atoms with E-state index in [1.54, 1.807) is 23.1 Å².